The van der Waals surface area contributed by atoms with Gasteiger partial charge < -0.3 is 37.4 Å². The third kappa shape index (κ3) is 11.9. The molecule has 2 aliphatic heterocycles. The van der Waals surface area contributed by atoms with Gasteiger partial charge in [0.1, 0.15) is 24.2 Å². The van der Waals surface area contributed by atoms with Crippen molar-refractivity contribution < 1.29 is 29.1 Å². The average Bonchev–Trinajstić information content (AvgIpc) is 3.64. The SMILES string of the molecule is CC(C)C[C@@H](NC(=O)[C@@H](Cc1ccccc1)NC(=O)[C@H](N)Cc1ccccc1)C(=O)N[C@H](CCCN)C(=O)N1CCC(N2CCC[C@H]2C(=O)O)CC1. The largest absolute Gasteiger partial charge is 0.480 e. The van der Waals surface area contributed by atoms with E-state index in [-0.39, 0.29) is 24.3 Å². The van der Waals surface area contributed by atoms with E-state index in [1.807, 2.05) is 74.5 Å². The molecule has 2 fully saturated rings. The van der Waals surface area contributed by atoms with Gasteiger partial charge in [0.15, 0.2) is 0 Å². The van der Waals surface area contributed by atoms with E-state index in [9.17, 15) is 29.1 Å². The lowest BCUT2D eigenvalue weighted by molar-refractivity contribution is -0.144. The summed E-state index contributed by atoms with van der Waals surface area (Å²) in [6.07, 6.45) is 4.42. The van der Waals surface area contributed by atoms with E-state index in [0.29, 0.717) is 64.6 Å². The first-order valence-corrected chi connectivity index (χ1v) is 18.7. The normalized spacial score (nSPS) is 19.0. The molecule has 52 heavy (non-hydrogen) atoms. The summed E-state index contributed by atoms with van der Waals surface area (Å²) in [6, 6.07) is 14.6. The molecule has 0 aromatic heterocycles. The molecule has 284 valence electrons. The molecule has 2 aromatic carbocycles. The van der Waals surface area contributed by atoms with E-state index in [1.54, 1.807) is 4.90 Å². The fraction of sp³-hybridized carbons (Fsp3) is 0.564. The lowest BCUT2D eigenvalue weighted by Gasteiger charge is -2.39. The molecule has 13 heteroatoms. The first kappa shape index (κ1) is 40.4. The molecule has 0 unspecified atom stereocenters. The minimum Gasteiger partial charge on any atom is -0.480 e. The first-order chi connectivity index (χ1) is 25.0. The highest BCUT2D eigenvalue weighted by Gasteiger charge is 2.38. The van der Waals surface area contributed by atoms with Crippen molar-refractivity contribution in [3.63, 3.8) is 0 Å². The number of aliphatic carboxylic acids is 1. The van der Waals surface area contributed by atoms with Crippen LogP contribution < -0.4 is 27.4 Å². The number of hydrogen-bond donors (Lipinski definition) is 6. The number of carbonyl (C=O) groups excluding carboxylic acids is 4. The van der Waals surface area contributed by atoms with Gasteiger partial charge in [0.25, 0.3) is 0 Å². The number of likely N-dealkylation sites (tertiary alicyclic amines) is 2. The maximum atomic E-state index is 13.9. The van der Waals surface area contributed by atoms with Crippen LogP contribution in [0.2, 0.25) is 0 Å². The van der Waals surface area contributed by atoms with Crippen LogP contribution in [0.15, 0.2) is 60.7 Å². The van der Waals surface area contributed by atoms with Gasteiger partial charge in [-0.3, -0.25) is 28.9 Å². The van der Waals surface area contributed by atoms with E-state index in [0.717, 1.165) is 24.1 Å². The Bertz CT molecular complexity index is 1470. The summed E-state index contributed by atoms with van der Waals surface area (Å²) < 4.78 is 0. The second-order valence-corrected chi connectivity index (χ2v) is 14.5. The molecule has 2 heterocycles. The Morgan fingerprint density at radius 2 is 1.33 bits per heavy atom. The van der Waals surface area contributed by atoms with Crippen molar-refractivity contribution in [1.29, 1.82) is 0 Å². The summed E-state index contributed by atoms with van der Waals surface area (Å²) in [5.41, 5.74) is 13.8. The molecule has 2 aromatic rings. The van der Waals surface area contributed by atoms with Gasteiger partial charge in [-0.25, -0.2) is 0 Å². The Balaban J connectivity index is 1.43. The molecule has 2 aliphatic rings. The van der Waals surface area contributed by atoms with E-state index in [4.69, 9.17) is 11.5 Å². The quantitative estimate of drug-likeness (QED) is 0.132. The Morgan fingerprint density at radius 3 is 1.90 bits per heavy atom. The molecule has 0 spiro atoms. The highest BCUT2D eigenvalue weighted by atomic mass is 16.4. The van der Waals surface area contributed by atoms with E-state index < -0.39 is 53.9 Å². The molecule has 2 saturated heterocycles. The van der Waals surface area contributed by atoms with Crippen LogP contribution in [0.1, 0.15) is 69.9 Å². The minimum absolute atomic E-state index is 0.0231. The average molecular weight is 720 g/mol. The van der Waals surface area contributed by atoms with Gasteiger partial charge in [0.05, 0.1) is 6.04 Å². The van der Waals surface area contributed by atoms with Crippen LogP contribution >= 0.6 is 0 Å². The van der Waals surface area contributed by atoms with Gasteiger partial charge in [-0.15, -0.1) is 0 Å². The smallest absolute Gasteiger partial charge is 0.320 e. The maximum absolute atomic E-state index is 13.9. The summed E-state index contributed by atoms with van der Waals surface area (Å²) in [4.78, 5) is 70.5. The number of carbonyl (C=O) groups is 5. The van der Waals surface area contributed by atoms with Gasteiger partial charge in [0, 0.05) is 25.6 Å². The van der Waals surface area contributed by atoms with Crippen molar-refractivity contribution in [2.75, 3.05) is 26.2 Å². The van der Waals surface area contributed by atoms with Crippen LogP contribution in [0, 0.1) is 5.92 Å². The first-order valence-electron chi connectivity index (χ1n) is 18.7. The minimum atomic E-state index is -1.01. The van der Waals surface area contributed by atoms with Crippen LogP contribution in [0.5, 0.6) is 0 Å². The molecule has 13 nitrogen and oxygen atoms in total. The highest BCUT2D eigenvalue weighted by molar-refractivity contribution is 5.95. The summed E-state index contributed by atoms with van der Waals surface area (Å²) in [7, 11) is 0. The van der Waals surface area contributed by atoms with Crippen molar-refractivity contribution in [2.45, 2.75) is 108 Å². The maximum Gasteiger partial charge on any atom is 0.320 e. The van der Waals surface area contributed by atoms with Gasteiger partial charge in [-0.05, 0) is 81.5 Å². The Hall–Kier alpha value is -4.33. The Labute approximate surface area is 307 Å². The summed E-state index contributed by atoms with van der Waals surface area (Å²) in [6.45, 7) is 5.88. The summed E-state index contributed by atoms with van der Waals surface area (Å²) in [5, 5.41) is 18.3. The number of benzene rings is 2. The number of carboxylic acids is 1. The number of hydrogen-bond acceptors (Lipinski definition) is 8. The predicted octanol–water partition coefficient (Wildman–Crippen LogP) is 1.58. The lowest BCUT2D eigenvalue weighted by atomic mass is 9.99. The zero-order chi connectivity index (χ0) is 37.6. The fourth-order valence-electron chi connectivity index (χ4n) is 7.25. The molecule has 0 saturated carbocycles. The number of nitrogens with one attached hydrogen (secondary N) is 3. The van der Waals surface area contributed by atoms with Crippen LogP contribution in [0.3, 0.4) is 0 Å². The van der Waals surface area contributed by atoms with Gasteiger partial charge in [0.2, 0.25) is 23.6 Å². The molecule has 8 N–H and O–H groups in total. The number of nitrogens with two attached hydrogens (primary N) is 2. The Kier molecular flexibility index (Phi) is 15.6. The number of rotatable bonds is 18. The number of carboxylic acid groups (broad SMARTS) is 1. The van der Waals surface area contributed by atoms with Crippen LogP contribution in [-0.4, -0.2) is 107 Å². The zero-order valence-corrected chi connectivity index (χ0v) is 30.5. The van der Waals surface area contributed by atoms with Crippen molar-refractivity contribution in [1.82, 2.24) is 25.8 Å². The highest BCUT2D eigenvalue weighted by Crippen LogP contribution is 2.26. The second kappa shape index (κ2) is 20.1. The number of nitrogens with zero attached hydrogens (tertiary/aromatic N) is 2. The van der Waals surface area contributed by atoms with Crippen molar-refractivity contribution in [2.24, 2.45) is 17.4 Å². The molecule has 0 bridgehead atoms. The van der Waals surface area contributed by atoms with Gasteiger partial charge in [-0.2, -0.15) is 0 Å². The molecule has 0 aliphatic carbocycles. The van der Waals surface area contributed by atoms with Gasteiger partial charge >= 0.3 is 5.97 Å². The number of amides is 4. The summed E-state index contributed by atoms with van der Waals surface area (Å²) in [5.74, 6) is -2.49. The zero-order valence-electron chi connectivity index (χ0n) is 30.5. The molecule has 4 rings (SSSR count). The molecule has 5 atom stereocenters. The van der Waals surface area contributed by atoms with Crippen LogP contribution in [0.25, 0.3) is 0 Å². The van der Waals surface area contributed by atoms with Crippen molar-refractivity contribution in [3.05, 3.63) is 71.8 Å². The van der Waals surface area contributed by atoms with Crippen molar-refractivity contribution in [3.8, 4) is 0 Å². The molecule has 0 radical (unpaired) electrons. The lowest BCUT2D eigenvalue weighted by Crippen LogP contribution is -2.59. The third-order valence-electron chi connectivity index (χ3n) is 10.0. The van der Waals surface area contributed by atoms with Crippen LogP contribution in [-0.2, 0) is 36.8 Å². The predicted molar refractivity (Wildman–Crippen MR) is 199 cm³/mol. The van der Waals surface area contributed by atoms with Crippen LogP contribution in [0.4, 0.5) is 0 Å². The molecular formula is C39H57N7O6. The third-order valence-corrected chi connectivity index (χ3v) is 10.0. The van der Waals surface area contributed by atoms with Crippen molar-refractivity contribution >= 4 is 29.6 Å². The van der Waals surface area contributed by atoms with E-state index in [1.165, 1.54) is 0 Å². The fourth-order valence-corrected chi connectivity index (χ4v) is 7.25. The molecule has 4 amide bonds. The van der Waals surface area contributed by atoms with Gasteiger partial charge in [-0.1, -0.05) is 74.5 Å². The monoisotopic (exact) mass is 719 g/mol. The van der Waals surface area contributed by atoms with E-state index in [2.05, 4.69) is 20.9 Å². The molecular weight excluding hydrogens is 662 g/mol. The Morgan fingerprint density at radius 1 is 0.769 bits per heavy atom. The van der Waals surface area contributed by atoms with E-state index >= 15 is 0 Å². The number of piperidine rings is 1. The second-order valence-electron chi connectivity index (χ2n) is 14.5. The topological polar surface area (TPSA) is 200 Å². The summed E-state index contributed by atoms with van der Waals surface area (Å²) >= 11 is 0. The standard InChI is InChI=1S/C39H57N7O6/c1-26(2)23-32(44-37(49)33(25-28-13-7-4-8-14-28)43-35(47)30(41)24-27-11-5-3-6-12-27)36(48)42-31(15-9-19-40)38(50)45-21-17-29(18-22-45)46-20-10-16-34(46)39(51)52/h3-8,11-14,26,29-34H,9-10,15-25,40-41H2,1-2H3,(H,42,48)(H,43,47)(H,44,49)(H,51,52)/t30-,31-,32-,33-,34+/m1/s1.